The van der Waals surface area contributed by atoms with Crippen molar-refractivity contribution in [3.05, 3.63) is 29.8 Å². The Bertz CT molecular complexity index is 549. The van der Waals surface area contributed by atoms with Gasteiger partial charge in [-0.3, -0.25) is 0 Å². The molecule has 1 aliphatic carbocycles. The number of hydrogen-bond donors (Lipinski definition) is 1. The van der Waals surface area contributed by atoms with Gasteiger partial charge < -0.3 is 14.4 Å². The van der Waals surface area contributed by atoms with Crippen molar-refractivity contribution in [2.24, 2.45) is 5.41 Å². The predicted molar refractivity (Wildman–Crippen MR) is 89.1 cm³/mol. The third-order valence-electron chi connectivity index (χ3n) is 5.67. The quantitative estimate of drug-likeness (QED) is 0.854. The molecule has 0 aromatic heterocycles. The van der Waals surface area contributed by atoms with E-state index in [0.717, 1.165) is 36.7 Å². The van der Waals surface area contributed by atoms with Gasteiger partial charge >= 0.3 is 7.12 Å². The molecule has 1 heterocycles. The zero-order valence-electron chi connectivity index (χ0n) is 14.2. The van der Waals surface area contributed by atoms with Crippen molar-refractivity contribution < 1.29 is 14.4 Å². The normalized spacial score (nSPS) is 26.1. The van der Waals surface area contributed by atoms with Crippen molar-refractivity contribution in [3.8, 4) is 0 Å². The SMILES string of the molecule is CC1(C)CCCOB(c2cccc(C3(O)CC3)c2)OC1(C)C. The Labute approximate surface area is 134 Å². The highest BCUT2D eigenvalue weighted by Gasteiger charge is 2.45. The third kappa shape index (κ3) is 2.97. The first kappa shape index (κ1) is 16.0. The molecule has 1 saturated carbocycles. The summed E-state index contributed by atoms with van der Waals surface area (Å²) in [6, 6.07) is 8.06. The molecule has 1 N–H and O–H groups in total. The van der Waals surface area contributed by atoms with Gasteiger partial charge in [0, 0.05) is 6.61 Å². The fourth-order valence-electron chi connectivity index (χ4n) is 3.01. The van der Waals surface area contributed by atoms with Crippen LogP contribution in [0, 0.1) is 5.41 Å². The molecule has 4 heteroatoms. The van der Waals surface area contributed by atoms with Crippen molar-refractivity contribution in [2.75, 3.05) is 6.61 Å². The van der Waals surface area contributed by atoms with E-state index in [1.165, 1.54) is 0 Å². The number of hydrogen-bond acceptors (Lipinski definition) is 3. The van der Waals surface area contributed by atoms with Gasteiger partial charge in [0.2, 0.25) is 0 Å². The second-order valence-corrected chi connectivity index (χ2v) is 7.98. The van der Waals surface area contributed by atoms with Crippen LogP contribution in [0.5, 0.6) is 0 Å². The minimum absolute atomic E-state index is 0.0985. The van der Waals surface area contributed by atoms with Crippen LogP contribution in [0.15, 0.2) is 24.3 Å². The summed E-state index contributed by atoms with van der Waals surface area (Å²) in [4.78, 5) is 0. The maximum atomic E-state index is 10.3. The van der Waals surface area contributed by atoms with Crippen LogP contribution in [0.25, 0.3) is 0 Å². The molecule has 1 aromatic rings. The lowest BCUT2D eigenvalue weighted by Gasteiger charge is -2.45. The molecule has 2 aliphatic rings. The Balaban J connectivity index is 1.86. The lowest BCUT2D eigenvalue weighted by molar-refractivity contribution is -0.0484. The van der Waals surface area contributed by atoms with Crippen molar-refractivity contribution >= 4 is 12.6 Å². The molecule has 0 unspecified atom stereocenters. The molecule has 1 aromatic carbocycles. The highest BCUT2D eigenvalue weighted by Crippen LogP contribution is 2.45. The molecule has 120 valence electrons. The zero-order valence-corrected chi connectivity index (χ0v) is 14.2. The van der Waals surface area contributed by atoms with Gasteiger partial charge in [0.1, 0.15) is 0 Å². The maximum absolute atomic E-state index is 10.3. The highest BCUT2D eigenvalue weighted by molar-refractivity contribution is 6.61. The summed E-state index contributed by atoms with van der Waals surface area (Å²) in [5, 5.41) is 10.3. The van der Waals surface area contributed by atoms with Crippen molar-refractivity contribution in [3.63, 3.8) is 0 Å². The Kier molecular flexibility index (Phi) is 3.91. The van der Waals surface area contributed by atoms with Crippen LogP contribution in [0.4, 0.5) is 0 Å². The van der Waals surface area contributed by atoms with Crippen LogP contribution in [-0.4, -0.2) is 24.4 Å². The summed E-state index contributed by atoms with van der Waals surface area (Å²) in [6.07, 6.45) is 3.83. The van der Waals surface area contributed by atoms with Crippen LogP contribution in [-0.2, 0) is 14.9 Å². The molecule has 22 heavy (non-hydrogen) atoms. The van der Waals surface area contributed by atoms with Gasteiger partial charge in [-0.1, -0.05) is 38.1 Å². The van der Waals surface area contributed by atoms with Gasteiger partial charge in [-0.25, -0.2) is 0 Å². The fraction of sp³-hybridized carbons (Fsp3) is 0.667. The lowest BCUT2D eigenvalue weighted by atomic mass is 9.69. The molecule has 3 nitrogen and oxygen atoms in total. The average molecular weight is 302 g/mol. The Morgan fingerprint density at radius 3 is 2.50 bits per heavy atom. The molecule has 1 saturated heterocycles. The van der Waals surface area contributed by atoms with Crippen LogP contribution in [0.1, 0.15) is 58.9 Å². The summed E-state index contributed by atoms with van der Waals surface area (Å²) < 4.78 is 12.3. The third-order valence-corrected chi connectivity index (χ3v) is 5.67. The van der Waals surface area contributed by atoms with E-state index in [9.17, 15) is 5.11 Å². The van der Waals surface area contributed by atoms with Crippen molar-refractivity contribution in [1.82, 2.24) is 0 Å². The van der Waals surface area contributed by atoms with Gasteiger partial charge in [-0.2, -0.15) is 0 Å². The molecule has 0 bridgehead atoms. The molecule has 0 atom stereocenters. The van der Waals surface area contributed by atoms with E-state index in [1.54, 1.807) is 0 Å². The summed E-state index contributed by atoms with van der Waals surface area (Å²) >= 11 is 0. The summed E-state index contributed by atoms with van der Waals surface area (Å²) in [6.45, 7) is 9.52. The molecule has 1 aliphatic heterocycles. The van der Waals surface area contributed by atoms with E-state index in [1.807, 2.05) is 24.3 Å². The fourth-order valence-corrected chi connectivity index (χ4v) is 3.01. The van der Waals surface area contributed by atoms with Crippen LogP contribution < -0.4 is 5.46 Å². The molecule has 0 amide bonds. The van der Waals surface area contributed by atoms with E-state index >= 15 is 0 Å². The minimum atomic E-state index is -0.619. The summed E-state index contributed by atoms with van der Waals surface area (Å²) in [7, 11) is -0.364. The molecule has 3 rings (SSSR count). The monoisotopic (exact) mass is 302 g/mol. The van der Waals surface area contributed by atoms with E-state index in [-0.39, 0.29) is 18.1 Å². The molecule has 0 radical (unpaired) electrons. The Hall–Kier alpha value is -0.835. The van der Waals surface area contributed by atoms with E-state index in [4.69, 9.17) is 9.31 Å². The number of aliphatic hydroxyl groups is 1. The van der Waals surface area contributed by atoms with Gasteiger partial charge in [0.05, 0.1) is 11.2 Å². The predicted octanol–water partition coefficient (Wildman–Crippen LogP) is 3.00. The van der Waals surface area contributed by atoms with E-state index in [2.05, 4.69) is 27.7 Å². The largest absolute Gasteiger partial charge is 0.494 e. The Morgan fingerprint density at radius 1 is 1.09 bits per heavy atom. The van der Waals surface area contributed by atoms with E-state index in [0.29, 0.717) is 6.61 Å². The first-order valence-electron chi connectivity index (χ1n) is 8.36. The number of rotatable bonds is 2. The van der Waals surface area contributed by atoms with Crippen molar-refractivity contribution in [1.29, 1.82) is 0 Å². The smallest absolute Gasteiger partial charge is 0.407 e. The topological polar surface area (TPSA) is 38.7 Å². The van der Waals surface area contributed by atoms with E-state index < -0.39 is 5.60 Å². The number of benzene rings is 1. The van der Waals surface area contributed by atoms with Crippen LogP contribution in [0.3, 0.4) is 0 Å². The highest BCUT2D eigenvalue weighted by atomic mass is 16.6. The standard InChI is InChI=1S/C18H27BO3/c1-16(2)9-6-12-21-19(22-17(16,3)4)15-8-5-7-14(13-15)18(20)10-11-18/h5,7-8,13,20H,6,9-12H2,1-4H3. The first-order chi connectivity index (χ1) is 10.2. The van der Waals surface area contributed by atoms with Crippen LogP contribution >= 0.6 is 0 Å². The van der Waals surface area contributed by atoms with Gasteiger partial charge in [-0.15, -0.1) is 0 Å². The molecule has 2 fully saturated rings. The summed E-state index contributed by atoms with van der Waals surface area (Å²) in [5.74, 6) is 0. The molecule has 0 spiro atoms. The maximum Gasteiger partial charge on any atom is 0.494 e. The minimum Gasteiger partial charge on any atom is -0.407 e. The first-order valence-corrected chi connectivity index (χ1v) is 8.36. The average Bonchev–Trinajstić information content (AvgIpc) is 3.20. The second kappa shape index (κ2) is 5.36. The van der Waals surface area contributed by atoms with Crippen LogP contribution in [0.2, 0.25) is 0 Å². The molecular weight excluding hydrogens is 275 g/mol. The van der Waals surface area contributed by atoms with Gasteiger partial charge in [-0.05, 0) is 56.0 Å². The zero-order chi connectivity index (χ0) is 16.0. The van der Waals surface area contributed by atoms with Gasteiger partial charge in [0.15, 0.2) is 0 Å². The second-order valence-electron chi connectivity index (χ2n) is 7.98. The lowest BCUT2D eigenvalue weighted by Crippen LogP contribution is -2.52. The van der Waals surface area contributed by atoms with Gasteiger partial charge in [0.25, 0.3) is 0 Å². The summed E-state index contributed by atoms with van der Waals surface area (Å²) in [5.41, 5.74) is 1.19. The Morgan fingerprint density at radius 2 is 1.82 bits per heavy atom. The van der Waals surface area contributed by atoms with Crippen molar-refractivity contribution in [2.45, 2.75) is 64.6 Å². The molecular formula is C18H27BO3.